The van der Waals surface area contributed by atoms with Crippen molar-refractivity contribution in [3.8, 4) is 22.9 Å². The Labute approximate surface area is 201 Å². The number of hydrogen-bond donors (Lipinski definition) is 1. The van der Waals surface area contributed by atoms with Crippen molar-refractivity contribution < 1.29 is 23.0 Å². The molecule has 0 aliphatic carbocycles. The molecule has 0 saturated carbocycles. The van der Waals surface area contributed by atoms with Gasteiger partial charge in [-0.25, -0.2) is 18.6 Å². The van der Waals surface area contributed by atoms with Crippen molar-refractivity contribution in [2.75, 3.05) is 6.61 Å². The molecule has 34 heavy (non-hydrogen) atoms. The summed E-state index contributed by atoms with van der Waals surface area (Å²) in [5.74, 6) is -2.62. The van der Waals surface area contributed by atoms with Crippen LogP contribution >= 0.6 is 15.9 Å². The number of halogens is 3. The number of pyridine rings is 2. The number of ether oxygens (including phenoxy) is 2. The monoisotopic (exact) mass is 528 g/mol. The third-order valence-electron chi connectivity index (χ3n) is 5.27. The largest absolute Gasteiger partial charge is 0.462 e. The molecular weight excluding hydrogens is 510 g/mol. The summed E-state index contributed by atoms with van der Waals surface area (Å²) in [5.41, 5.74) is 0.874. The van der Waals surface area contributed by atoms with Crippen molar-refractivity contribution in [3.05, 3.63) is 85.6 Å². The Hall–Kier alpha value is -3.59. The maximum absolute atomic E-state index is 14.1. The minimum Gasteiger partial charge on any atom is -0.462 e. The molecule has 0 aliphatic rings. The number of rotatable bonds is 5. The van der Waals surface area contributed by atoms with Crippen molar-refractivity contribution in [1.29, 1.82) is 0 Å². The standard InChI is InChI=1S/C25H19BrF2N2O4/c1-4-33-25(32)19-13(3)29-22(20(26)23(19)31)15-11-14-7-5-6-8-17(14)30-24(15)34-18-10-9-16(27)21(28)12(18)2/h5-11H,4H2,1-3H3,(H,29,31). The second kappa shape index (κ2) is 9.34. The molecule has 0 fully saturated rings. The van der Waals surface area contributed by atoms with E-state index in [0.29, 0.717) is 22.5 Å². The Morgan fingerprint density at radius 3 is 2.62 bits per heavy atom. The number of aromatic nitrogens is 2. The highest BCUT2D eigenvalue weighted by Gasteiger charge is 2.24. The van der Waals surface area contributed by atoms with Crippen molar-refractivity contribution >= 4 is 32.8 Å². The van der Waals surface area contributed by atoms with Crippen LogP contribution in [-0.2, 0) is 4.74 Å². The zero-order valence-electron chi connectivity index (χ0n) is 18.5. The molecule has 1 N–H and O–H groups in total. The van der Waals surface area contributed by atoms with Crippen LogP contribution in [0.25, 0.3) is 22.2 Å². The molecule has 2 heterocycles. The summed E-state index contributed by atoms with van der Waals surface area (Å²) in [4.78, 5) is 33.0. The number of hydrogen-bond acceptors (Lipinski definition) is 5. The smallest absolute Gasteiger partial charge is 0.343 e. The minimum absolute atomic E-state index is 0.0256. The lowest BCUT2D eigenvalue weighted by Gasteiger charge is -2.16. The quantitative estimate of drug-likeness (QED) is 0.311. The number of aryl methyl sites for hydroxylation is 1. The highest BCUT2D eigenvalue weighted by Crippen LogP contribution is 2.37. The van der Waals surface area contributed by atoms with Crippen LogP contribution in [0.15, 0.2) is 51.7 Å². The lowest BCUT2D eigenvalue weighted by molar-refractivity contribution is 0.0523. The zero-order valence-corrected chi connectivity index (χ0v) is 20.0. The van der Waals surface area contributed by atoms with Crippen molar-refractivity contribution in [1.82, 2.24) is 9.97 Å². The number of carbonyl (C=O) groups is 1. The SMILES string of the molecule is CCOC(=O)c1c(C)[nH]c(-c2cc3ccccc3nc2Oc2ccc(F)c(F)c2C)c(Br)c1=O. The Kier molecular flexibility index (Phi) is 6.47. The summed E-state index contributed by atoms with van der Waals surface area (Å²) in [7, 11) is 0. The van der Waals surface area contributed by atoms with Gasteiger partial charge in [0.15, 0.2) is 11.6 Å². The van der Waals surface area contributed by atoms with Gasteiger partial charge in [-0.1, -0.05) is 18.2 Å². The van der Waals surface area contributed by atoms with Gasteiger partial charge in [0, 0.05) is 16.6 Å². The maximum Gasteiger partial charge on any atom is 0.343 e. The van der Waals surface area contributed by atoms with E-state index in [1.54, 1.807) is 32.0 Å². The Morgan fingerprint density at radius 1 is 1.15 bits per heavy atom. The van der Waals surface area contributed by atoms with E-state index in [2.05, 4.69) is 25.9 Å². The van der Waals surface area contributed by atoms with Crippen LogP contribution in [0.1, 0.15) is 28.5 Å². The predicted molar refractivity (Wildman–Crippen MR) is 127 cm³/mol. The third-order valence-corrected chi connectivity index (χ3v) is 6.02. The van der Waals surface area contributed by atoms with Gasteiger partial charge in [0.05, 0.1) is 27.9 Å². The molecule has 0 amide bonds. The second-order valence-electron chi connectivity index (χ2n) is 7.48. The number of fused-ring (bicyclic) bond motifs is 1. The first-order chi connectivity index (χ1) is 16.2. The van der Waals surface area contributed by atoms with E-state index in [-0.39, 0.29) is 33.8 Å². The fourth-order valence-electron chi connectivity index (χ4n) is 3.54. The van der Waals surface area contributed by atoms with Gasteiger partial charge in [-0.15, -0.1) is 0 Å². The number of nitrogens with zero attached hydrogens (tertiary/aromatic N) is 1. The number of H-pyrrole nitrogens is 1. The molecule has 0 radical (unpaired) electrons. The Bertz CT molecular complexity index is 1500. The number of esters is 1. The molecule has 9 heteroatoms. The summed E-state index contributed by atoms with van der Waals surface area (Å²) in [6.07, 6.45) is 0. The van der Waals surface area contributed by atoms with Crippen LogP contribution in [0.3, 0.4) is 0 Å². The molecule has 4 aromatic rings. The lowest BCUT2D eigenvalue weighted by Crippen LogP contribution is -2.22. The lowest BCUT2D eigenvalue weighted by atomic mass is 10.1. The van der Waals surface area contributed by atoms with Gasteiger partial charge < -0.3 is 14.5 Å². The molecule has 0 aliphatic heterocycles. The topological polar surface area (TPSA) is 81.3 Å². The van der Waals surface area contributed by atoms with E-state index in [1.807, 2.05) is 12.1 Å². The Balaban J connectivity index is 1.95. The molecule has 0 bridgehead atoms. The van der Waals surface area contributed by atoms with E-state index in [1.165, 1.54) is 13.0 Å². The summed E-state index contributed by atoms with van der Waals surface area (Å²) >= 11 is 3.30. The zero-order chi connectivity index (χ0) is 24.6. The fraction of sp³-hybridized carbons (Fsp3) is 0.160. The van der Waals surface area contributed by atoms with Crippen LogP contribution in [0.5, 0.6) is 11.6 Å². The molecule has 4 rings (SSSR count). The van der Waals surface area contributed by atoms with Gasteiger partial charge >= 0.3 is 5.97 Å². The van der Waals surface area contributed by atoms with Gasteiger partial charge in [0.2, 0.25) is 11.3 Å². The first-order valence-electron chi connectivity index (χ1n) is 10.3. The van der Waals surface area contributed by atoms with Gasteiger partial charge in [0.25, 0.3) is 0 Å². The van der Waals surface area contributed by atoms with E-state index in [4.69, 9.17) is 9.47 Å². The van der Waals surface area contributed by atoms with E-state index in [9.17, 15) is 18.4 Å². The van der Waals surface area contributed by atoms with Gasteiger partial charge in [0.1, 0.15) is 11.3 Å². The first-order valence-corrected chi connectivity index (χ1v) is 11.1. The molecule has 6 nitrogen and oxygen atoms in total. The minimum atomic E-state index is -1.02. The third kappa shape index (κ3) is 4.19. The highest BCUT2D eigenvalue weighted by molar-refractivity contribution is 9.10. The molecule has 0 saturated heterocycles. The predicted octanol–water partition coefficient (Wildman–Crippen LogP) is 6.22. The van der Waals surface area contributed by atoms with Crippen LogP contribution in [-0.4, -0.2) is 22.5 Å². The normalized spacial score (nSPS) is 11.0. The summed E-state index contributed by atoms with van der Waals surface area (Å²) in [5, 5.41) is 0.756. The van der Waals surface area contributed by atoms with Crippen LogP contribution in [0, 0.1) is 25.5 Å². The van der Waals surface area contributed by atoms with Crippen molar-refractivity contribution in [3.63, 3.8) is 0 Å². The highest BCUT2D eigenvalue weighted by atomic mass is 79.9. The fourth-order valence-corrected chi connectivity index (χ4v) is 4.05. The van der Waals surface area contributed by atoms with Gasteiger partial charge in [-0.3, -0.25) is 4.79 Å². The second-order valence-corrected chi connectivity index (χ2v) is 8.28. The molecule has 2 aromatic carbocycles. The van der Waals surface area contributed by atoms with E-state index < -0.39 is 23.0 Å². The van der Waals surface area contributed by atoms with Crippen LogP contribution in [0.2, 0.25) is 0 Å². The molecule has 0 unspecified atom stereocenters. The van der Waals surface area contributed by atoms with Gasteiger partial charge in [-0.05, 0) is 61.0 Å². The Morgan fingerprint density at radius 2 is 1.88 bits per heavy atom. The number of aromatic amines is 1. The maximum atomic E-state index is 14.1. The van der Waals surface area contributed by atoms with Crippen LogP contribution < -0.4 is 10.2 Å². The summed E-state index contributed by atoms with van der Waals surface area (Å²) in [6.45, 7) is 4.75. The molecule has 0 spiro atoms. The summed E-state index contributed by atoms with van der Waals surface area (Å²) < 4.78 is 38.8. The summed E-state index contributed by atoms with van der Waals surface area (Å²) in [6, 6.07) is 11.3. The average molecular weight is 529 g/mol. The first kappa shape index (κ1) is 23.6. The molecular formula is C25H19BrF2N2O4. The van der Waals surface area contributed by atoms with E-state index >= 15 is 0 Å². The molecule has 174 valence electrons. The van der Waals surface area contributed by atoms with Crippen molar-refractivity contribution in [2.45, 2.75) is 20.8 Å². The number of para-hydroxylation sites is 1. The molecule has 2 aromatic heterocycles. The number of benzene rings is 2. The number of nitrogens with one attached hydrogen (secondary N) is 1. The average Bonchev–Trinajstić information content (AvgIpc) is 2.81. The molecule has 0 atom stereocenters. The van der Waals surface area contributed by atoms with E-state index in [0.717, 1.165) is 11.5 Å². The number of carbonyl (C=O) groups excluding carboxylic acids is 1. The van der Waals surface area contributed by atoms with Gasteiger partial charge in [-0.2, -0.15) is 0 Å². The van der Waals surface area contributed by atoms with Crippen molar-refractivity contribution in [2.24, 2.45) is 0 Å². The van der Waals surface area contributed by atoms with Crippen LogP contribution in [0.4, 0.5) is 8.78 Å².